The van der Waals surface area contributed by atoms with Crippen LogP contribution in [0.25, 0.3) is 22.3 Å². The molecule has 2 aromatic carbocycles. The van der Waals surface area contributed by atoms with Gasteiger partial charge in [-0.1, -0.05) is 30.3 Å². The van der Waals surface area contributed by atoms with Crippen LogP contribution in [0.3, 0.4) is 0 Å². The topological polar surface area (TPSA) is 88.9 Å². The second-order valence-electron chi connectivity index (χ2n) is 7.26. The van der Waals surface area contributed by atoms with E-state index in [9.17, 15) is 14.0 Å². The summed E-state index contributed by atoms with van der Waals surface area (Å²) in [5, 5.41) is 4.95. The molecule has 0 aliphatic carbocycles. The molecule has 2 N–H and O–H groups in total. The highest BCUT2D eigenvalue weighted by atomic mass is 19.1. The average Bonchev–Trinajstić information content (AvgIpc) is 3.22. The SMILES string of the molecule is CC(C)n1ncc2c(C(=O)NNC(=O)c3ccc(F)cc3)cc(-c3ccccc3)nc21. The fourth-order valence-corrected chi connectivity index (χ4v) is 3.19. The molecule has 8 heteroatoms. The molecule has 2 aromatic heterocycles. The van der Waals surface area contributed by atoms with E-state index in [1.807, 2.05) is 44.2 Å². The van der Waals surface area contributed by atoms with Gasteiger partial charge in [0.05, 0.1) is 22.8 Å². The van der Waals surface area contributed by atoms with Gasteiger partial charge in [0.2, 0.25) is 0 Å². The summed E-state index contributed by atoms with van der Waals surface area (Å²) in [4.78, 5) is 29.9. The molecule has 0 aliphatic heterocycles. The molecule has 0 bridgehead atoms. The van der Waals surface area contributed by atoms with Gasteiger partial charge in [0.1, 0.15) is 5.82 Å². The van der Waals surface area contributed by atoms with Crippen molar-refractivity contribution < 1.29 is 14.0 Å². The first-order valence-electron chi connectivity index (χ1n) is 9.74. The van der Waals surface area contributed by atoms with E-state index in [1.165, 1.54) is 24.3 Å². The van der Waals surface area contributed by atoms with Crippen LogP contribution in [0.5, 0.6) is 0 Å². The van der Waals surface area contributed by atoms with Crippen LogP contribution in [0.2, 0.25) is 0 Å². The largest absolute Gasteiger partial charge is 0.270 e. The van der Waals surface area contributed by atoms with Crippen molar-refractivity contribution in [1.29, 1.82) is 0 Å². The van der Waals surface area contributed by atoms with Crippen LogP contribution in [0.4, 0.5) is 4.39 Å². The van der Waals surface area contributed by atoms with Crippen LogP contribution in [0.15, 0.2) is 66.9 Å². The van der Waals surface area contributed by atoms with Crippen molar-refractivity contribution in [2.24, 2.45) is 0 Å². The number of rotatable bonds is 4. The molecule has 4 rings (SSSR count). The van der Waals surface area contributed by atoms with Gasteiger partial charge >= 0.3 is 0 Å². The van der Waals surface area contributed by atoms with Crippen molar-refractivity contribution in [3.8, 4) is 11.3 Å². The number of hydrazine groups is 1. The molecule has 2 heterocycles. The lowest BCUT2D eigenvalue weighted by Gasteiger charge is -2.11. The van der Waals surface area contributed by atoms with E-state index < -0.39 is 17.6 Å². The Morgan fingerprint density at radius 3 is 2.32 bits per heavy atom. The Labute approximate surface area is 177 Å². The number of amides is 2. The van der Waals surface area contributed by atoms with Gasteiger partial charge in [0.25, 0.3) is 11.8 Å². The zero-order valence-electron chi connectivity index (χ0n) is 17.0. The van der Waals surface area contributed by atoms with Crippen molar-refractivity contribution >= 4 is 22.8 Å². The number of fused-ring (bicyclic) bond motifs is 1. The normalized spacial score (nSPS) is 11.0. The summed E-state index contributed by atoms with van der Waals surface area (Å²) < 4.78 is 14.8. The maximum Gasteiger partial charge on any atom is 0.270 e. The smallest absolute Gasteiger partial charge is 0.267 e. The van der Waals surface area contributed by atoms with E-state index in [0.717, 1.165) is 5.56 Å². The molecule has 0 unspecified atom stereocenters. The Kier molecular flexibility index (Phi) is 5.44. The number of benzene rings is 2. The zero-order valence-corrected chi connectivity index (χ0v) is 17.0. The van der Waals surface area contributed by atoms with Crippen LogP contribution in [0.1, 0.15) is 40.6 Å². The van der Waals surface area contributed by atoms with Crippen molar-refractivity contribution in [3.63, 3.8) is 0 Å². The van der Waals surface area contributed by atoms with Crippen molar-refractivity contribution in [3.05, 3.63) is 83.8 Å². The molecular weight excluding hydrogens is 397 g/mol. The van der Waals surface area contributed by atoms with Crippen molar-refractivity contribution in [1.82, 2.24) is 25.6 Å². The van der Waals surface area contributed by atoms with Crippen LogP contribution >= 0.6 is 0 Å². The molecule has 0 fully saturated rings. The number of halogens is 1. The molecule has 0 radical (unpaired) electrons. The van der Waals surface area contributed by atoms with Crippen LogP contribution in [0, 0.1) is 5.82 Å². The lowest BCUT2D eigenvalue weighted by atomic mass is 10.1. The summed E-state index contributed by atoms with van der Waals surface area (Å²) >= 11 is 0. The number of nitrogens with zero attached hydrogens (tertiary/aromatic N) is 3. The lowest BCUT2D eigenvalue weighted by Crippen LogP contribution is -2.41. The standard InChI is InChI=1S/C23H20FN5O2/c1-14(2)29-21-19(13-25-29)18(12-20(26-21)15-6-4-3-5-7-15)23(31)28-27-22(30)16-8-10-17(24)11-9-16/h3-14H,1-2H3,(H,27,30)(H,28,31). The van der Waals surface area contributed by atoms with E-state index >= 15 is 0 Å². The van der Waals surface area contributed by atoms with Gasteiger partial charge in [-0.3, -0.25) is 20.4 Å². The Bertz CT molecular complexity index is 1250. The number of pyridine rings is 1. The number of hydrogen-bond acceptors (Lipinski definition) is 4. The second kappa shape index (κ2) is 8.35. The van der Waals surface area contributed by atoms with Gasteiger partial charge in [-0.2, -0.15) is 5.10 Å². The second-order valence-corrected chi connectivity index (χ2v) is 7.26. The monoisotopic (exact) mass is 417 g/mol. The number of aromatic nitrogens is 3. The highest BCUT2D eigenvalue weighted by Crippen LogP contribution is 2.26. The fourth-order valence-electron chi connectivity index (χ4n) is 3.19. The Balaban J connectivity index is 1.67. The molecule has 156 valence electrons. The van der Waals surface area contributed by atoms with Gasteiger partial charge in [0, 0.05) is 17.2 Å². The maximum absolute atomic E-state index is 13.1. The van der Waals surface area contributed by atoms with Gasteiger partial charge in [-0.05, 0) is 44.2 Å². The minimum absolute atomic E-state index is 0.0464. The zero-order chi connectivity index (χ0) is 22.0. The summed E-state index contributed by atoms with van der Waals surface area (Å²) in [5.41, 5.74) is 7.38. The highest BCUT2D eigenvalue weighted by molar-refractivity contribution is 6.07. The fraction of sp³-hybridized carbons (Fsp3) is 0.130. The third kappa shape index (κ3) is 4.13. The summed E-state index contributed by atoms with van der Waals surface area (Å²) in [6, 6.07) is 16.2. The lowest BCUT2D eigenvalue weighted by molar-refractivity contribution is 0.0847. The maximum atomic E-state index is 13.1. The first-order valence-corrected chi connectivity index (χ1v) is 9.74. The Hall–Kier alpha value is -4.07. The molecule has 0 spiro atoms. The molecule has 2 amide bonds. The van der Waals surface area contributed by atoms with Gasteiger partial charge in [0.15, 0.2) is 5.65 Å². The molecule has 0 aliphatic rings. The molecule has 0 saturated heterocycles. The predicted molar refractivity (Wildman–Crippen MR) is 115 cm³/mol. The van der Waals surface area contributed by atoms with Crippen LogP contribution < -0.4 is 10.9 Å². The first kappa shape index (κ1) is 20.2. The minimum Gasteiger partial charge on any atom is -0.267 e. The molecular formula is C23H20FN5O2. The van der Waals surface area contributed by atoms with Gasteiger partial charge in [-0.25, -0.2) is 14.1 Å². The Morgan fingerprint density at radius 1 is 0.968 bits per heavy atom. The average molecular weight is 417 g/mol. The number of hydrogen-bond donors (Lipinski definition) is 2. The highest BCUT2D eigenvalue weighted by Gasteiger charge is 2.19. The van der Waals surface area contributed by atoms with Gasteiger partial charge < -0.3 is 0 Å². The van der Waals surface area contributed by atoms with Crippen LogP contribution in [-0.2, 0) is 0 Å². The quantitative estimate of drug-likeness (QED) is 0.493. The third-order valence-corrected chi connectivity index (χ3v) is 4.77. The van der Waals surface area contributed by atoms with E-state index in [4.69, 9.17) is 4.98 Å². The summed E-state index contributed by atoms with van der Waals surface area (Å²) in [6.45, 7) is 3.96. The number of carbonyl (C=O) groups excluding carboxylic acids is 2. The van der Waals surface area contributed by atoms with E-state index in [1.54, 1.807) is 16.9 Å². The molecule has 0 saturated carbocycles. The Morgan fingerprint density at radius 2 is 1.65 bits per heavy atom. The minimum atomic E-state index is -0.556. The van der Waals surface area contributed by atoms with Crippen LogP contribution in [-0.4, -0.2) is 26.6 Å². The first-order chi connectivity index (χ1) is 14.9. The summed E-state index contributed by atoms with van der Waals surface area (Å²) in [7, 11) is 0. The summed E-state index contributed by atoms with van der Waals surface area (Å²) in [6.07, 6.45) is 1.59. The van der Waals surface area contributed by atoms with E-state index in [0.29, 0.717) is 22.3 Å². The number of nitrogens with one attached hydrogen (secondary N) is 2. The third-order valence-electron chi connectivity index (χ3n) is 4.77. The molecule has 31 heavy (non-hydrogen) atoms. The molecule has 7 nitrogen and oxygen atoms in total. The predicted octanol–water partition coefficient (Wildman–Crippen LogP) is 3.89. The van der Waals surface area contributed by atoms with E-state index in [-0.39, 0.29) is 11.6 Å². The van der Waals surface area contributed by atoms with E-state index in [2.05, 4.69) is 16.0 Å². The molecule has 4 aromatic rings. The van der Waals surface area contributed by atoms with Gasteiger partial charge in [-0.15, -0.1) is 0 Å². The number of carbonyl (C=O) groups is 2. The summed E-state index contributed by atoms with van der Waals surface area (Å²) in [5.74, 6) is -1.52. The van der Waals surface area contributed by atoms with Crippen molar-refractivity contribution in [2.75, 3.05) is 0 Å². The molecule has 0 atom stereocenters. The van der Waals surface area contributed by atoms with Crippen molar-refractivity contribution in [2.45, 2.75) is 19.9 Å².